The zero-order valence-corrected chi connectivity index (χ0v) is 16.6. The highest BCUT2D eigenvalue weighted by atomic mass is 32.1. The van der Waals surface area contributed by atoms with Crippen LogP contribution in [0, 0.1) is 0 Å². The maximum Gasteiger partial charge on any atom is 0.236 e. The summed E-state index contributed by atoms with van der Waals surface area (Å²) in [5.74, 6) is 1.53. The van der Waals surface area contributed by atoms with E-state index in [-0.39, 0.29) is 5.91 Å². The van der Waals surface area contributed by atoms with Crippen molar-refractivity contribution >= 4 is 22.4 Å². The summed E-state index contributed by atoms with van der Waals surface area (Å²) < 4.78 is 10.6. The lowest BCUT2D eigenvalue weighted by Gasteiger charge is -2.15. The van der Waals surface area contributed by atoms with E-state index in [0.29, 0.717) is 11.6 Å². The second kappa shape index (κ2) is 7.59. The number of rotatable bonds is 7. The molecule has 1 aliphatic rings. The minimum Gasteiger partial charge on any atom is -0.497 e. The fourth-order valence-electron chi connectivity index (χ4n) is 3.25. The quantitative estimate of drug-likeness (QED) is 0.658. The Morgan fingerprint density at radius 3 is 2.61 bits per heavy atom. The number of thiazole rings is 1. The minimum atomic E-state index is -0.456. The first-order chi connectivity index (χ1) is 13.6. The van der Waals surface area contributed by atoms with Crippen molar-refractivity contribution in [2.45, 2.75) is 24.7 Å². The number of methoxy groups -OCH3 is 2. The lowest BCUT2D eigenvalue weighted by Crippen LogP contribution is -2.27. The van der Waals surface area contributed by atoms with E-state index < -0.39 is 5.41 Å². The number of nitrogens with zero attached hydrogens (tertiary/aromatic N) is 2. The van der Waals surface area contributed by atoms with Crippen LogP contribution in [-0.4, -0.2) is 30.1 Å². The monoisotopic (exact) mass is 395 g/mol. The Bertz CT molecular complexity index is 981. The summed E-state index contributed by atoms with van der Waals surface area (Å²) >= 11 is 1.46. The van der Waals surface area contributed by atoms with Crippen molar-refractivity contribution in [2.24, 2.45) is 0 Å². The van der Waals surface area contributed by atoms with Crippen molar-refractivity contribution in [3.63, 3.8) is 0 Å². The van der Waals surface area contributed by atoms with Crippen LogP contribution in [-0.2, 0) is 16.6 Å². The van der Waals surface area contributed by atoms with Gasteiger partial charge in [-0.1, -0.05) is 12.1 Å². The molecule has 144 valence electrons. The van der Waals surface area contributed by atoms with Gasteiger partial charge >= 0.3 is 0 Å². The second-order valence-corrected chi connectivity index (χ2v) is 7.84. The number of amides is 1. The topological polar surface area (TPSA) is 73.3 Å². The number of anilines is 1. The molecule has 1 N–H and O–H groups in total. The van der Waals surface area contributed by atoms with Crippen molar-refractivity contribution in [1.29, 1.82) is 0 Å². The maximum absolute atomic E-state index is 12.9. The molecule has 0 atom stereocenters. The molecule has 3 aromatic rings. The van der Waals surface area contributed by atoms with Crippen molar-refractivity contribution in [3.8, 4) is 11.5 Å². The van der Waals surface area contributed by atoms with Gasteiger partial charge in [0.2, 0.25) is 5.91 Å². The molecule has 4 rings (SSSR count). The first-order valence-electron chi connectivity index (χ1n) is 9.03. The number of hydrogen-bond donors (Lipinski definition) is 1. The van der Waals surface area contributed by atoms with Crippen molar-refractivity contribution in [2.75, 3.05) is 19.5 Å². The molecule has 1 fully saturated rings. The van der Waals surface area contributed by atoms with Gasteiger partial charge in [0.05, 0.1) is 25.3 Å². The smallest absolute Gasteiger partial charge is 0.236 e. The Kier molecular flexibility index (Phi) is 5.00. The summed E-state index contributed by atoms with van der Waals surface area (Å²) in [6, 6.07) is 11.4. The number of hydrogen-bond acceptors (Lipinski definition) is 6. The average molecular weight is 395 g/mol. The first-order valence-corrected chi connectivity index (χ1v) is 9.85. The van der Waals surface area contributed by atoms with Gasteiger partial charge in [0, 0.05) is 23.7 Å². The van der Waals surface area contributed by atoms with Gasteiger partial charge in [0.15, 0.2) is 5.13 Å². The molecule has 0 saturated heterocycles. The van der Waals surface area contributed by atoms with Crippen LogP contribution in [0.3, 0.4) is 0 Å². The predicted molar refractivity (Wildman–Crippen MR) is 108 cm³/mol. The molecule has 1 saturated carbocycles. The SMILES string of the molecule is COc1ccc(C2(C(=O)Nc3ncc(Cc4ncccc4OC)s3)CC2)cc1. The summed E-state index contributed by atoms with van der Waals surface area (Å²) in [6.07, 6.45) is 5.82. The Balaban J connectivity index is 1.45. The molecule has 1 amide bonds. The summed E-state index contributed by atoms with van der Waals surface area (Å²) in [5, 5.41) is 3.60. The van der Waals surface area contributed by atoms with Gasteiger partial charge in [0.25, 0.3) is 0 Å². The van der Waals surface area contributed by atoms with Crippen molar-refractivity contribution in [1.82, 2.24) is 9.97 Å². The molecular weight excluding hydrogens is 374 g/mol. The largest absolute Gasteiger partial charge is 0.497 e. The van der Waals surface area contributed by atoms with Gasteiger partial charge in [-0.05, 0) is 42.7 Å². The van der Waals surface area contributed by atoms with Gasteiger partial charge in [-0.25, -0.2) is 4.98 Å². The molecule has 7 heteroatoms. The number of carbonyl (C=O) groups is 1. The second-order valence-electron chi connectivity index (χ2n) is 6.73. The number of carbonyl (C=O) groups excluding carboxylic acids is 1. The highest BCUT2D eigenvalue weighted by Crippen LogP contribution is 2.49. The van der Waals surface area contributed by atoms with Crippen LogP contribution in [0.15, 0.2) is 48.8 Å². The Labute approximate surface area is 167 Å². The highest BCUT2D eigenvalue weighted by Gasteiger charge is 2.51. The molecule has 6 nitrogen and oxygen atoms in total. The number of pyridine rings is 1. The first kappa shape index (κ1) is 18.4. The lowest BCUT2D eigenvalue weighted by atomic mass is 9.95. The molecule has 1 aliphatic carbocycles. The van der Waals surface area contributed by atoms with E-state index in [9.17, 15) is 4.79 Å². The van der Waals surface area contributed by atoms with Crippen LogP contribution >= 0.6 is 11.3 Å². The predicted octanol–water partition coefficient (Wildman–Crippen LogP) is 3.82. The van der Waals surface area contributed by atoms with Gasteiger partial charge in [-0.3, -0.25) is 9.78 Å². The third-order valence-electron chi connectivity index (χ3n) is 5.01. The molecule has 1 aromatic carbocycles. The number of aromatic nitrogens is 2. The third kappa shape index (κ3) is 3.57. The maximum atomic E-state index is 12.9. The van der Waals surface area contributed by atoms with E-state index in [1.807, 2.05) is 36.4 Å². The summed E-state index contributed by atoms with van der Waals surface area (Å²) in [7, 11) is 3.27. The molecule has 0 spiro atoms. The van der Waals surface area contributed by atoms with E-state index in [2.05, 4.69) is 15.3 Å². The lowest BCUT2D eigenvalue weighted by molar-refractivity contribution is -0.118. The van der Waals surface area contributed by atoms with Gasteiger partial charge < -0.3 is 14.8 Å². The van der Waals surface area contributed by atoms with Gasteiger partial charge in [-0.15, -0.1) is 11.3 Å². The van der Waals surface area contributed by atoms with E-state index in [1.165, 1.54) is 11.3 Å². The van der Waals surface area contributed by atoms with Crippen LogP contribution < -0.4 is 14.8 Å². The number of nitrogens with one attached hydrogen (secondary N) is 1. The molecule has 0 radical (unpaired) electrons. The standard InChI is InChI=1S/C21H21N3O3S/c1-26-15-7-5-14(6-8-15)21(9-10-21)19(25)24-20-23-13-16(28-20)12-17-18(27-2)4-3-11-22-17/h3-8,11,13H,9-10,12H2,1-2H3,(H,23,24,25). The molecule has 0 aliphatic heterocycles. The van der Waals surface area contributed by atoms with E-state index >= 15 is 0 Å². The van der Waals surface area contributed by atoms with Crippen LogP contribution in [0.4, 0.5) is 5.13 Å². The summed E-state index contributed by atoms with van der Waals surface area (Å²) in [4.78, 5) is 22.7. The molecule has 0 bridgehead atoms. The fraction of sp³-hybridized carbons (Fsp3) is 0.286. The van der Waals surface area contributed by atoms with E-state index in [0.717, 1.165) is 40.5 Å². The molecular formula is C21H21N3O3S. The molecule has 28 heavy (non-hydrogen) atoms. The normalized spacial score (nSPS) is 14.4. The zero-order valence-electron chi connectivity index (χ0n) is 15.8. The van der Waals surface area contributed by atoms with E-state index in [1.54, 1.807) is 26.6 Å². The molecule has 2 heterocycles. The van der Waals surface area contributed by atoms with E-state index in [4.69, 9.17) is 9.47 Å². The Morgan fingerprint density at radius 1 is 1.14 bits per heavy atom. The highest BCUT2D eigenvalue weighted by molar-refractivity contribution is 7.15. The van der Waals surface area contributed by atoms with Gasteiger partial charge in [-0.2, -0.15) is 0 Å². The third-order valence-corrected chi connectivity index (χ3v) is 5.92. The molecule has 0 unspecified atom stereocenters. The van der Waals surface area contributed by atoms with Crippen LogP contribution in [0.2, 0.25) is 0 Å². The minimum absolute atomic E-state index is 0.00557. The van der Waals surface area contributed by atoms with Crippen molar-refractivity contribution in [3.05, 3.63) is 64.9 Å². The summed E-state index contributed by atoms with van der Waals surface area (Å²) in [6.45, 7) is 0. The van der Waals surface area contributed by atoms with Crippen molar-refractivity contribution < 1.29 is 14.3 Å². The average Bonchev–Trinajstić information content (AvgIpc) is 3.44. The van der Waals surface area contributed by atoms with Crippen LogP contribution in [0.25, 0.3) is 0 Å². The van der Waals surface area contributed by atoms with Crippen LogP contribution in [0.5, 0.6) is 11.5 Å². The molecule has 2 aromatic heterocycles. The fourth-order valence-corrected chi connectivity index (χ4v) is 4.06. The zero-order chi connectivity index (χ0) is 19.6. The number of benzene rings is 1. The Morgan fingerprint density at radius 2 is 1.93 bits per heavy atom. The Hall–Kier alpha value is -2.93. The number of ether oxygens (including phenoxy) is 2. The van der Waals surface area contributed by atoms with Crippen LogP contribution in [0.1, 0.15) is 29.0 Å². The summed E-state index contributed by atoms with van der Waals surface area (Å²) in [5.41, 5.74) is 1.41. The van der Waals surface area contributed by atoms with Gasteiger partial charge in [0.1, 0.15) is 11.5 Å².